The highest BCUT2D eigenvalue weighted by Crippen LogP contribution is 2.33. The molecule has 6 heteroatoms. The molecular weight excluding hydrogens is 320 g/mol. The van der Waals surface area contributed by atoms with Crippen LogP contribution in [0.5, 0.6) is 11.5 Å². The van der Waals surface area contributed by atoms with Gasteiger partial charge in [0.15, 0.2) is 11.5 Å². The molecule has 0 atom stereocenters. The van der Waals surface area contributed by atoms with Crippen molar-refractivity contribution in [1.82, 2.24) is 10.6 Å². The molecule has 4 N–H and O–H groups in total. The van der Waals surface area contributed by atoms with Crippen LogP contribution in [0.3, 0.4) is 0 Å². The molecule has 0 saturated heterocycles. The molecule has 0 aromatic heterocycles. The molecular formula is C19H22N2O4. The Morgan fingerprint density at radius 1 is 0.880 bits per heavy atom. The van der Waals surface area contributed by atoms with Gasteiger partial charge in [-0.15, -0.1) is 0 Å². The highest BCUT2D eigenvalue weighted by molar-refractivity contribution is 6.03. The normalized spacial score (nSPS) is 11.0. The molecule has 0 aliphatic rings. The lowest BCUT2D eigenvalue weighted by molar-refractivity contribution is 0.0910. The largest absolute Gasteiger partial charge is 0.504 e. The minimum atomic E-state index is -0.618. The first-order valence-corrected chi connectivity index (χ1v) is 7.88. The molecule has 132 valence electrons. The fourth-order valence-electron chi connectivity index (χ4n) is 2.23. The van der Waals surface area contributed by atoms with E-state index in [9.17, 15) is 19.8 Å². The summed E-state index contributed by atoms with van der Waals surface area (Å²) in [5.74, 6) is -2.31. The van der Waals surface area contributed by atoms with E-state index >= 15 is 0 Å². The zero-order valence-corrected chi connectivity index (χ0v) is 14.5. The second-order valence-electron chi connectivity index (χ2n) is 6.73. The maximum Gasteiger partial charge on any atom is 0.255 e. The van der Waals surface area contributed by atoms with Gasteiger partial charge in [-0.25, -0.2) is 0 Å². The summed E-state index contributed by atoms with van der Waals surface area (Å²) in [7, 11) is 0. The minimum Gasteiger partial charge on any atom is -0.504 e. The number of hydrogen-bond donors (Lipinski definition) is 4. The zero-order valence-electron chi connectivity index (χ0n) is 14.5. The Hall–Kier alpha value is -3.02. The number of carbonyl (C=O) groups is 2. The molecule has 6 nitrogen and oxygen atoms in total. The van der Waals surface area contributed by atoms with Gasteiger partial charge in [-0.2, -0.15) is 0 Å². The quantitative estimate of drug-likeness (QED) is 0.642. The van der Waals surface area contributed by atoms with Gasteiger partial charge in [-0.05, 0) is 38.5 Å². The van der Waals surface area contributed by atoms with Gasteiger partial charge in [0.25, 0.3) is 11.8 Å². The van der Waals surface area contributed by atoms with E-state index in [-0.39, 0.29) is 17.7 Å². The summed E-state index contributed by atoms with van der Waals surface area (Å²) in [6, 6.07) is 11.9. The van der Waals surface area contributed by atoms with Gasteiger partial charge in [0.05, 0.1) is 11.1 Å². The van der Waals surface area contributed by atoms with Crippen LogP contribution < -0.4 is 10.6 Å². The predicted octanol–water partition coefficient (Wildman–Crippen LogP) is 2.56. The standard InChI is InChI=1S/C19H22N2O4/c1-19(2,3)21-18(25)14-10-9-13(15(22)16(14)23)17(24)20-11-12-7-5-4-6-8-12/h4-10,22-23H,11H2,1-3H3,(H,20,24)(H,21,25). The smallest absolute Gasteiger partial charge is 0.255 e. The maximum atomic E-state index is 12.2. The lowest BCUT2D eigenvalue weighted by Gasteiger charge is -2.21. The van der Waals surface area contributed by atoms with Gasteiger partial charge in [0.2, 0.25) is 0 Å². The summed E-state index contributed by atoms with van der Waals surface area (Å²) in [6.45, 7) is 5.68. The third kappa shape index (κ3) is 4.73. The number of phenolic OH excluding ortho intramolecular Hbond substituents is 2. The van der Waals surface area contributed by atoms with Crippen LogP contribution in [0.1, 0.15) is 47.1 Å². The summed E-state index contributed by atoms with van der Waals surface area (Å²) in [5, 5.41) is 25.5. The summed E-state index contributed by atoms with van der Waals surface area (Å²) >= 11 is 0. The lowest BCUT2D eigenvalue weighted by Crippen LogP contribution is -2.40. The first-order valence-electron chi connectivity index (χ1n) is 7.88. The molecule has 0 spiro atoms. The van der Waals surface area contributed by atoms with E-state index in [2.05, 4.69) is 10.6 Å². The summed E-state index contributed by atoms with van der Waals surface area (Å²) in [6.07, 6.45) is 0. The number of aromatic hydroxyl groups is 2. The van der Waals surface area contributed by atoms with E-state index in [0.29, 0.717) is 0 Å². The topological polar surface area (TPSA) is 98.7 Å². The van der Waals surface area contributed by atoms with Crippen LogP contribution in [0.25, 0.3) is 0 Å². The van der Waals surface area contributed by atoms with E-state index in [1.54, 1.807) is 20.8 Å². The van der Waals surface area contributed by atoms with Crippen molar-refractivity contribution in [3.63, 3.8) is 0 Å². The Morgan fingerprint density at radius 3 is 1.92 bits per heavy atom. The van der Waals surface area contributed by atoms with Gasteiger partial charge in [-0.1, -0.05) is 30.3 Å². The van der Waals surface area contributed by atoms with E-state index < -0.39 is 28.9 Å². The number of rotatable bonds is 4. The SMILES string of the molecule is CC(C)(C)NC(=O)c1ccc(C(=O)NCc2ccccc2)c(O)c1O. The Kier molecular flexibility index (Phi) is 5.32. The number of carbonyl (C=O) groups excluding carboxylic acids is 2. The summed E-state index contributed by atoms with van der Waals surface area (Å²) < 4.78 is 0. The van der Waals surface area contributed by atoms with E-state index in [1.807, 2.05) is 30.3 Å². The van der Waals surface area contributed by atoms with Crippen molar-refractivity contribution in [3.05, 3.63) is 59.2 Å². The fraction of sp³-hybridized carbons (Fsp3) is 0.263. The molecule has 0 bridgehead atoms. The Bertz CT molecular complexity index is 780. The number of phenols is 2. The fourth-order valence-corrected chi connectivity index (χ4v) is 2.23. The highest BCUT2D eigenvalue weighted by atomic mass is 16.3. The molecule has 2 aromatic carbocycles. The van der Waals surface area contributed by atoms with Crippen LogP contribution in [0.2, 0.25) is 0 Å². The third-order valence-electron chi connectivity index (χ3n) is 3.42. The van der Waals surface area contributed by atoms with Gasteiger partial charge in [0, 0.05) is 12.1 Å². The van der Waals surface area contributed by atoms with Crippen molar-refractivity contribution in [2.45, 2.75) is 32.9 Å². The lowest BCUT2D eigenvalue weighted by atomic mass is 10.0. The van der Waals surface area contributed by atoms with Crippen molar-refractivity contribution in [2.24, 2.45) is 0 Å². The molecule has 2 rings (SSSR count). The van der Waals surface area contributed by atoms with E-state index in [0.717, 1.165) is 5.56 Å². The van der Waals surface area contributed by atoms with Crippen LogP contribution in [-0.4, -0.2) is 27.6 Å². The molecule has 0 unspecified atom stereocenters. The number of nitrogens with one attached hydrogen (secondary N) is 2. The molecule has 25 heavy (non-hydrogen) atoms. The second-order valence-corrected chi connectivity index (χ2v) is 6.73. The molecule has 0 heterocycles. The monoisotopic (exact) mass is 342 g/mol. The van der Waals surface area contributed by atoms with Gasteiger partial charge >= 0.3 is 0 Å². The second kappa shape index (κ2) is 7.25. The predicted molar refractivity (Wildman–Crippen MR) is 94.6 cm³/mol. The first kappa shape index (κ1) is 18.3. The Labute approximate surface area is 146 Å². The van der Waals surface area contributed by atoms with Crippen molar-refractivity contribution in [3.8, 4) is 11.5 Å². The van der Waals surface area contributed by atoms with E-state index in [4.69, 9.17) is 0 Å². The maximum absolute atomic E-state index is 12.2. The first-order chi connectivity index (χ1) is 11.7. The zero-order chi connectivity index (χ0) is 18.6. The number of benzene rings is 2. The molecule has 0 fully saturated rings. The van der Waals surface area contributed by atoms with Crippen molar-refractivity contribution < 1.29 is 19.8 Å². The van der Waals surface area contributed by atoms with Crippen LogP contribution in [0.15, 0.2) is 42.5 Å². The molecule has 0 aliphatic heterocycles. The van der Waals surface area contributed by atoms with Gasteiger partial charge in [0.1, 0.15) is 0 Å². The summed E-state index contributed by atoms with van der Waals surface area (Å²) in [5.41, 5.74) is 0.221. The van der Waals surface area contributed by atoms with Crippen LogP contribution in [0.4, 0.5) is 0 Å². The highest BCUT2D eigenvalue weighted by Gasteiger charge is 2.23. The average Bonchev–Trinajstić information content (AvgIpc) is 2.54. The molecule has 0 aliphatic carbocycles. The van der Waals surface area contributed by atoms with Crippen LogP contribution in [0, 0.1) is 0 Å². The minimum absolute atomic E-state index is 0.0907. The summed E-state index contributed by atoms with van der Waals surface area (Å²) in [4.78, 5) is 24.4. The third-order valence-corrected chi connectivity index (χ3v) is 3.42. The Morgan fingerprint density at radius 2 is 1.40 bits per heavy atom. The van der Waals surface area contributed by atoms with Crippen LogP contribution in [-0.2, 0) is 6.54 Å². The van der Waals surface area contributed by atoms with Crippen molar-refractivity contribution >= 4 is 11.8 Å². The number of amides is 2. The number of hydrogen-bond acceptors (Lipinski definition) is 4. The van der Waals surface area contributed by atoms with Gasteiger partial charge in [-0.3, -0.25) is 9.59 Å². The molecule has 2 aromatic rings. The Balaban J connectivity index is 2.16. The van der Waals surface area contributed by atoms with Crippen molar-refractivity contribution in [1.29, 1.82) is 0 Å². The van der Waals surface area contributed by atoms with E-state index in [1.165, 1.54) is 12.1 Å². The molecule has 0 saturated carbocycles. The van der Waals surface area contributed by atoms with Crippen LogP contribution >= 0.6 is 0 Å². The molecule has 0 radical (unpaired) electrons. The average molecular weight is 342 g/mol. The molecule has 2 amide bonds. The van der Waals surface area contributed by atoms with Crippen molar-refractivity contribution in [2.75, 3.05) is 0 Å². The van der Waals surface area contributed by atoms with Gasteiger partial charge < -0.3 is 20.8 Å².